The van der Waals surface area contributed by atoms with Crippen LogP contribution in [0.5, 0.6) is 0 Å². The van der Waals surface area contributed by atoms with Gasteiger partial charge in [0.2, 0.25) is 0 Å². The van der Waals surface area contributed by atoms with E-state index in [1.54, 1.807) is 0 Å². The second-order valence-electron chi connectivity index (χ2n) is 4.94. The molecule has 1 saturated heterocycles. The molecule has 0 spiro atoms. The van der Waals surface area contributed by atoms with Crippen molar-refractivity contribution in [2.75, 3.05) is 13.1 Å². The van der Waals surface area contributed by atoms with E-state index < -0.39 is 0 Å². The third-order valence-electron chi connectivity index (χ3n) is 3.86. The molecule has 0 radical (unpaired) electrons. The smallest absolute Gasteiger partial charge is 0.00200 e. The molecule has 1 unspecified atom stereocenters. The molecule has 1 N–H and O–H groups in total. The summed E-state index contributed by atoms with van der Waals surface area (Å²) in [6.45, 7) is 2.57. The average Bonchev–Trinajstić information content (AvgIpc) is 2.75. The largest absolute Gasteiger partial charge is 0.316 e. The zero-order valence-electron chi connectivity index (χ0n) is 8.73. The van der Waals surface area contributed by atoms with Crippen LogP contribution in [0.4, 0.5) is 0 Å². The molecule has 1 heteroatoms. The molecule has 0 amide bonds. The molecule has 1 heterocycles. The van der Waals surface area contributed by atoms with E-state index >= 15 is 0 Å². The molecule has 1 atom stereocenters. The first-order valence-corrected chi connectivity index (χ1v) is 6.16. The predicted octanol–water partition coefficient (Wildman–Crippen LogP) is 2.96. The predicted molar refractivity (Wildman–Crippen MR) is 56.8 cm³/mol. The molecule has 1 saturated carbocycles. The summed E-state index contributed by atoms with van der Waals surface area (Å²) in [7, 11) is 0. The molecule has 2 fully saturated rings. The van der Waals surface area contributed by atoms with Gasteiger partial charge in [-0.25, -0.2) is 0 Å². The minimum Gasteiger partial charge on any atom is -0.316 e. The Hall–Kier alpha value is -0.0400. The molecule has 0 aromatic heterocycles. The zero-order chi connectivity index (χ0) is 8.93. The van der Waals surface area contributed by atoms with Gasteiger partial charge in [-0.05, 0) is 37.8 Å². The van der Waals surface area contributed by atoms with Gasteiger partial charge < -0.3 is 5.32 Å². The van der Waals surface area contributed by atoms with Crippen molar-refractivity contribution in [3.05, 3.63) is 0 Å². The second-order valence-corrected chi connectivity index (χ2v) is 4.94. The first kappa shape index (κ1) is 9.51. The molecular weight excluding hydrogens is 158 g/mol. The molecule has 2 rings (SSSR count). The summed E-state index contributed by atoms with van der Waals surface area (Å²) < 4.78 is 0. The van der Waals surface area contributed by atoms with E-state index in [0.29, 0.717) is 0 Å². The topological polar surface area (TPSA) is 12.0 Å². The summed E-state index contributed by atoms with van der Waals surface area (Å²) in [6.07, 6.45) is 12.0. The maximum atomic E-state index is 3.45. The zero-order valence-corrected chi connectivity index (χ0v) is 8.73. The maximum absolute atomic E-state index is 3.45. The van der Waals surface area contributed by atoms with Crippen molar-refractivity contribution in [1.29, 1.82) is 0 Å². The average molecular weight is 181 g/mol. The van der Waals surface area contributed by atoms with Crippen LogP contribution in [0, 0.1) is 11.8 Å². The highest BCUT2D eigenvalue weighted by molar-refractivity contribution is 4.73. The Morgan fingerprint density at radius 2 is 1.69 bits per heavy atom. The van der Waals surface area contributed by atoms with Crippen molar-refractivity contribution in [1.82, 2.24) is 5.32 Å². The van der Waals surface area contributed by atoms with Crippen molar-refractivity contribution < 1.29 is 0 Å². The normalized spacial score (nSPS) is 30.0. The Morgan fingerprint density at radius 3 is 2.38 bits per heavy atom. The third-order valence-corrected chi connectivity index (χ3v) is 3.86. The first-order valence-electron chi connectivity index (χ1n) is 6.16. The fourth-order valence-corrected chi connectivity index (χ4v) is 2.96. The van der Waals surface area contributed by atoms with E-state index in [9.17, 15) is 0 Å². The molecule has 13 heavy (non-hydrogen) atoms. The van der Waals surface area contributed by atoms with E-state index in [1.165, 1.54) is 64.5 Å². The minimum atomic E-state index is 1.02. The lowest BCUT2D eigenvalue weighted by Gasteiger charge is -2.11. The monoisotopic (exact) mass is 181 g/mol. The highest BCUT2D eigenvalue weighted by atomic mass is 14.9. The molecular formula is C12H23N. The van der Waals surface area contributed by atoms with Crippen LogP contribution >= 0.6 is 0 Å². The van der Waals surface area contributed by atoms with Gasteiger partial charge in [-0.1, -0.05) is 38.5 Å². The SMILES string of the molecule is C1CCC(CCCC2CCNC2)C1. The van der Waals surface area contributed by atoms with Gasteiger partial charge in [0.05, 0.1) is 0 Å². The van der Waals surface area contributed by atoms with Gasteiger partial charge in [0, 0.05) is 0 Å². The summed E-state index contributed by atoms with van der Waals surface area (Å²) in [4.78, 5) is 0. The number of nitrogens with one attached hydrogen (secondary N) is 1. The van der Waals surface area contributed by atoms with Crippen LogP contribution in [0.15, 0.2) is 0 Å². The van der Waals surface area contributed by atoms with Gasteiger partial charge in [-0.15, -0.1) is 0 Å². The van der Waals surface area contributed by atoms with Gasteiger partial charge in [0.1, 0.15) is 0 Å². The summed E-state index contributed by atoms with van der Waals surface area (Å²) >= 11 is 0. The highest BCUT2D eigenvalue weighted by Crippen LogP contribution is 2.30. The van der Waals surface area contributed by atoms with Gasteiger partial charge in [-0.3, -0.25) is 0 Å². The van der Waals surface area contributed by atoms with Crippen LogP contribution in [-0.4, -0.2) is 13.1 Å². The molecule has 76 valence electrons. The van der Waals surface area contributed by atoms with Gasteiger partial charge in [0.15, 0.2) is 0 Å². The summed E-state index contributed by atoms with van der Waals surface area (Å²) in [5.74, 6) is 2.12. The molecule has 0 bridgehead atoms. The molecule has 2 aliphatic rings. The minimum absolute atomic E-state index is 1.02. The summed E-state index contributed by atoms with van der Waals surface area (Å²) in [5.41, 5.74) is 0. The summed E-state index contributed by atoms with van der Waals surface area (Å²) in [5, 5.41) is 3.45. The van der Waals surface area contributed by atoms with Crippen LogP contribution in [0.3, 0.4) is 0 Å². The quantitative estimate of drug-likeness (QED) is 0.703. The Morgan fingerprint density at radius 1 is 0.923 bits per heavy atom. The Labute approximate surface area is 82.3 Å². The number of hydrogen-bond donors (Lipinski definition) is 1. The fraction of sp³-hybridized carbons (Fsp3) is 1.00. The van der Waals surface area contributed by atoms with E-state index in [0.717, 1.165) is 11.8 Å². The fourth-order valence-electron chi connectivity index (χ4n) is 2.96. The Bertz CT molecular complexity index is 116. The molecule has 0 aromatic carbocycles. The van der Waals surface area contributed by atoms with Crippen molar-refractivity contribution in [3.8, 4) is 0 Å². The molecule has 1 nitrogen and oxygen atoms in total. The standard InChI is InChI=1S/C12H23N/c1-2-5-11(4-1)6-3-7-12-8-9-13-10-12/h11-13H,1-10H2. The maximum Gasteiger partial charge on any atom is -0.00200 e. The van der Waals surface area contributed by atoms with Crippen molar-refractivity contribution in [2.24, 2.45) is 11.8 Å². The van der Waals surface area contributed by atoms with Crippen LogP contribution in [0.25, 0.3) is 0 Å². The van der Waals surface area contributed by atoms with Crippen molar-refractivity contribution >= 4 is 0 Å². The molecule has 0 aromatic rings. The van der Waals surface area contributed by atoms with E-state index in [1.807, 2.05) is 0 Å². The van der Waals surface area contributed by atoms with E-state index in [4.69, 9.17) is 0 Å². The van der Waals surface area contributed by atoms with Crippen LogP contribution in [0.2, 0.25) is 0 Å². The Balaban J connectivity index is 1.52. The van der Waals surface area contributed by atoms with Gasteiger partial charge in [0.25, 0.3) is 0 Å². The highest BCUT2D eigenvalue weighted by Gasteiger charge is 2.17. The van der Waals surface area contributed by atoms with Gasteiger partial charge in [-0.2, -0.15) is 0 Å². The lowest BCUT2D eigenvalue weighted by atomic mass is 9.95. The van der Waals surface area contributed by atoms with Gasteiger partial charge >= 0.3 is 0 Å². The van der Waals surface area contributed by atoms with Crippen molar-refractivity contribution in [2.45, 2.75) is 51.4 Å². The lowest BCUT2D eigenvalue weighted by molar-refractivity contribution is 0.427. The second kappa shape index (κ2) is 4.99. The first-order chi connectivity index (χ1) is 6.45. The van der Waals surface area contributed by atoms with Crippen LogP contribution < -0.4 is 5.32 Å². The van der Waals surface area contributed by atoms with Crippen LogP contribution in [-0.2, 0) is 0 Å². The number of hydrogen-bond acceptors (Lipinski definition) is 1. The van der Waals surface area contributed by atoms with Crippen molar-refractivity contribution in [3.63, 3.8) is 0 Å². The van der Waals surface area contributed by atoms with E-state index in [2.05, 4.69) is 5.32 Å². The lowest BCUT2D eigenvalue weighted by Crippen LogP contribution is -2.09. The van der Waals surface area contributed by atoms with Crippen LogP contribution in [0.1, 0.15) is 51.4 Å². The molecule has 1 aliphatic carbocycles. The Kier molecular flexibility index (Phi) is 3.65. The third kappa shape index (κ3) is 2.98. The number of rotatable bonds is 4. The van der Waals surface area contributed by atoms with E-state index in [-0.39, 0.29) is 0 Å². The molecule has 1 aliphatic heterocycles. The summed E-state index contributed by atoms with van der Waals surface area (Å²) in [6, 6.07) is 0.